The first-order valence-corrected chi connectivity index (χ1v) is 17.8. The lowest BCUT2D eigenvalue weighted by Gasteiger charge is -2.55. The van der Waals surface area contributed by atoms with Crippen LogP contribution in [0.1, 0.15) is 107 Å². The summed E-state index contributed by atoms with van der Waals surface area (Å²) in [4.78, 5) is 2.24. The molecule has 1 aromatic carbocycles. The van der Waals surface area contributed by atoms with E-state index in [0.29, 0.717) is 23.5 Å². The zero-order chi connectivity index (χ0) is 31.9. The maximum atomic E-state index is 13.0. The van der Waals surface area contributed by atoms with Crippen molar-refractivity contribution in [2.75, 3.05) is 31.6 Å². The number of aliphatic hydroxyl groups is 2. The molecule has 1 spiro atoms. The van der Waals surface area contributed by atoms with Crippen LogP contribution in [0.5, 0.6) is 5.75 Å². The molecule has 4 aliphatic rings. The summed E-state index contributed by atoms with van der Waals surface area (Å²) in [6.07, 6.45) is 2.43. The van der Waals surface area contributed by atoms with Gasteiger partial charge in [0.25, 0.3) is 0 Å². The lowest BCUT2D eigenvalue weighted by Crippen LogP contribution is -2.47. The van der Waals surface area contributed by atoms with Gasteiger partial charge in [-0.1, -0.05) is 25.8 Å². The minimum Gasteiger partial charge on any atom is -0.508 e. The molecule has 5 rings (SSSR count). The fourth-order valence-electron chi connectivity index (χ4n) is 9.49. The smallest absolute Gasteiger partial charge is 0.453 e. The molecule has 44 heavy (non-hydrogen) atoms. The minimum atomic E-state index is -5.47. The topological polar surface area (TPSA) is 63.9 Å². The third-order valence-corrected chi connectivity index (χ3v) is 13.2. The molecule has 250 valence electrons. The van der Waals surface area contributed by atoms with Crippen LogP contribution in [0.25, 0.3) is 0 Å². The predicted molar refractivity (Wildman–Crippen MR) is 164 cm³/mol. The van der Waals surface area contributed by atoms with Crippen molar-refractivity contribution in [3.63, 3.8) is 0 Å². The van der Waals surface area contributed by atoms with Crippen molar-refractivity contribution in [3.05, 3.63) is 29.3 Å². The number of halogens is 5. The number of unbranched alkanes of at least 4 members (excludes halogenated alkanes) is 2. The summed E-state index contributed by atoms with van der Waals surface area (Å²) < 4.78 is 62.8. The Labute approximate surface area is 263 Å². The molecule has 0 amide bonds. The lowest BCUT2D eigenvalue weighted by atomic mass is 9.50. The highest BCUT2D eigenvalue weighted by atomic mass is 32.2. The van der Waals surface area contributed by atoms with E-state index in [4.69, 9.17) is 0 Å². The molecular weight excluding hydrogens is 597 g/mol. The number of hydrogen-bond donors (Lipinski definition) is 3. The molecule has 0 aromatic heterocycles. The van der Waals surface area contributed by atoms with E-state index in [0.717, 1.165) is 88.6 Å². The van der Waals surface area contributed by atoms with Crippen molar-refractivity contribution in [1.29, 1.82) is 0 Å². The van der Waals surface area contributed by atoms with Gasteiger partial charge in [0.15, 0.2) is 0 Å². The average molecular weight is 648 g/mol. The van der Waals surface area contributed by atoms with E-state index in [1.165, 1.54) is 17.3 Å². The molecule has 0 heterocycles. The molecule has 10 heteroatoms. The maximum Gasteiger partial charge on any atom is 0.453 e. The lowest BCUT2D eigenvalue weighted by molar-refractivity contribution is -0.284. The molecule has 3 fully saturated rings. The van der Waals surface area contributed by atoms with Gasteiger partial charge in [0.1, 0.15) is 5.75 Å². The third-order valence-electron chi connectivity index (χ3n) is 12.1. The molecule has 4 aliphatic carbocycles. The van der Waals surface area contributed by atoms with E-state index in [2.05, 4.69) is 18.9 Å². The van der Waals surface area contributed by atoms with Crippen LogP contribution in [0.2, 0.25) is 0 Å². The van der Waals surface area contributed by atoms with Crippen LogP contribution < -0.4 is 0 Å². The molecular formula is C34H50F5NO3S. The summed E-state index contributed by atoms with van der Waals surface area (Å²) in [6, 6.07) is 5.52. The zero-order valence-corrected chi connectivity index (χ0v) is 26.9. The van der Waals surface area contributed by atoms with Crippen LogP contribution in [-0.2, 0) is 0 Å². The molecule has 3 unspecified atom stereocenters. The Morgan fingerprint density at radius 1 is 0.932 bits per heavy atom. The van der Waals surface area contributed by atoms with Crippen molar-refractivity contribution in [2.45, 2.75) is 114 Å². The van der Waals surface area contributed by atoms with Crippen LogP contribution in [0.15, 0.2) is 18.2 Å². The predicted octanol–water partition coefficient (Wildman–Crippen LogP) is 8.31. The first kappa shape index (κ1) is 34.2. The Bertz CT molecular complexity index is 1130. The van der Waals surface area contributed by atoms with Gasteiger partial charge in [-0.2, -0.15) is 33.7 Å². The Morgan fingerprint density at radius 2 is 1.64 bits per heavy atom. The molecule has 7 atom stereocenters. The molecule has 4 nitrogen and oxygen atoms in total. The third kappa shape index (κ3) is 6.52. The van der Waals surface area contributed by atoms with E-state index >= 15 is 0 Å². The molecule has 3 saturated carbocycles. The van der Waals surface area contributed by atoms with Gasteiger partial charge in [0, 0.05) is 11.8 Å². The second-order valence-electron chi connectivity index (χ2n) is 14.5. The zero-order valence-electron chi connectivity index (χ0n) is 26.1. The maximum absolute atomic E-state index is 13.0. The molecule has 0 radical (unpaired) electrons. The van der Waals surface area contributed by atoms with Crippen LogP contribution in [0, 0.1) is 28.6 Å². The monoisotopic (exact) mass is 647 g/mol. The fourth-order valence-corrected chi connectivity index (χ4v) is 10.4. The van der Waals surface area contributed by atoms with Crippen LogP contribution >= 0.6 is 11.8 Å². The van der Waals surface area contributed by atoms with Crippen molar-refractivity contribution in [2.24, 2.45) is 28.6 Å². The van der Waals surface area contributed by atoms with E-state index in [1.807, 2.05) is 6.07 Å². The van der Waals surface area contributed by atoms with E-state index in [9.17, 15) is 37.3 Å². The number of fused-ring (bicyclic) bond motifs is 6. The quantitative estimate of drug-likeness (QED) is 0.140. The standard InChI is InChI=1S/C34H50F5NO3S/c1-31-13-11-24-23-10-9-22(41)20-26(23)30(43)25(29(24)27(31)21-28(42)32(31)14-15-32)8-4-3-5-16-40(2)17-7-19-44-18-6-12-33(35,36)34(37,38)39/h9-10,20,24-25,27-30,41-43H,3-8,11-19,21H2,1-2H3/t24?,25-,27?,28+,29?,30+,31-/m0/s1. The number of rotatable bonds is 14. The van der Waals surface area contributed by atoms with Crippen LogP contribution in [-0.4, -0.2) is 70.1 Å². The van der Waals surface area contributed by atoms with Gasteiger partial charge in [-0.3, -0.25) is 0 Å². The van der Waals surface area contributed by atoms with Gasteiger partial charge < -0.3 is 20.2 Å². The normalized spacial score (nSPS) is 32.5. The number of aliphatic hydroxyl groups excluding tert-OH is 2. The Kier molecular flexibility index (Phi) is 10.3. The number of alkyl halides is 5. The van der Waals surface area contributed by atoms with Gasteiger partial charge >= 0.3 is 12.1 Å². The molecule has 0 saturated heterocycles. The largest absolute Gasteiger partial charge is 0.508 e. The highest BCUT2D eigenvalue weighted by Crippen LogP contribution is 2.76. The number of phenolic OH excluding ortho intramolecular Hbond substituents is 1. The first-order chi connectivity index (χ1) is 20.7. The van der Waals surface area contributed by atoms with Crippen LogP contribution in [0.3, 0.4) is 0 Å². The van der Waals surface area contributed by atoms with Crippen LogP contribution in [0.4, 0.5) is 22.0 Å². The first-order valence-electron chi connectivity index (χ1n) is 16.6. The van der Waals surface area contributed by atoms with Gasteiger partial charge in [-0.05, 0) is 142 Å². The van der Waals surface area contributed by atoms with E-state index in [1.54, 1.807) is 12.1 Å². The summed E-state index contributed by atoms with van der Waals surface area (Å²) in [7, 11) is 2.05. The van der Waals surface area contributed by atoms with Crippen molar-refractivity contribution >= 4 is 11.8 Å². The Hall–Kier alpha value is -1.10. The summed E-state index contributed by atoms with van der Waals surface area (Å²) in [5.74, 6) is -2.20. The fraction of sp³-hybridized carbons (Fsp3) is 0.824. The number of nitrogens with zero attached hydrogens (tertiary/aromatic N) is 1. The minimum absolute atomic E-state index is 0.0677. The molecule has 3 N–H and O–H groups in total. The number of hydrogen-bond acceptors (Lipinski definition) is 5. The van der Waals surface area contributed by atoms with Gasteiger partial charge in [0.2, 0.25) is 0 Å². The van der Waals surface area contributed by atoms with Crippen molar-refractivity contribution < 1.29 is 37.3 Å². The van der Waals surface area contributed by atoms with Crippen molar-refractivity contribution in [1.82, 2.24) is 4.90 Å². The summed E-state index contributed by atoms with van der Waals surface area (Å²) >= 11 is 1.43. The molecule has 1 aromatic rings. The van der Waals surface area contributed by atoms with E-state index < -0.39 is 24.6 Å². The molecule has 0 aliphatic heterocycles. The second-order valence-corrected chi connectivity index (χ2v) is 15.7. The highest BCUT2D eigenvalue weighted by molar-refractivity contribution is 7.99. The number of thioether (sulfide) groups is 1. The average Bonchev–Trinajstić information content (AvgIpc) is 3.74. The van der Waals surface area contributed by atoms with Crippen molar-refractivity contribution in [3.8, 4) is 5.75 Å². The number of phenols is 1. The summed E-state index contributed by atoms with van der Waals surface area (Å²) in [5.41, 5.74) is 2.25. The van der Waals surface area contributed by atoms with Gasteiger partial charge in [0.05, 0.1) is 12.2 Å². The summed E-state index contributed by atoms with van der Waals surface area (Å²) in [5, 5.41) is 33.2. The van der Waals surface area contributed by atoms with E-state index in [-0.39, 0.29) is 35.0 Å². The number of aromatic hydroxyl groups is 1. The SMILES string of the molecule is CN(CCCCC[C@H]1C2C(CC[C@@]3(C)C2C[C@@H](O)C32CC2)c2ccc(O)cc2[C@@H]1O)CCCSCCCC(F)(F)C(F)(F)F. The second kappa shape index (κ2) is 13.2. The highest BCUT2D eigenvalue weighted by Gasteiger charge is 2.71. The summed E-state index contributed by atoms with van der Waals surface area (Å²) in [6.45, 7) is 4.18. The van der Waals surface area contributed by atoms with Gasteiger partial charge in [-0.25, -0.2) is 0 Å². The Balaban J connectivity index is 1.07. The number of benzene rings is 1. The molecule has 0 bridgehead atoms. The Morgan fingerprint density at radius 3 is 2.34 bits per heavy atom. The van der Waals surface area contributed by atoms with Gasteiger partial charge in [-0.15, -0.1) is 0 Å².